The van der Waals surface area contributed by atoms with Crippen molar-refractivity contribution in [1.29, 1.82) is 0 Å². The van der Waals surface area contributed by atoms with Crippen LogP contribution in [0.15, 0.2) is 24.3 Å². The third kappa shape index (κ3) is 3.26. The van der Waals surface area contributed by atoms with Gasteiger partial charge in [0.1, 0.15) is 6.54 Å². The zero-order valence-corrected chi connectivity index (χ0v) is 16.1. The van der Waals surface area contributed by atoms with Crippen LogP contribution in [0, 0.1) is 0 Å². The molecule has 0 aromatic heterocycles. The van der Waals surface area contributed by atoms with E-state index in [4.69, 9.17) is 0 Å². The third-order valence-corrected chi connectivity index (χ3v) is 5.70. The zero-order valence-electron chi connectivity index (χ0n) is 16.1. The molecule has 1 saturated carbocycles. The number of nitrogens with one attached hydrogen (secondary N) is 1. The fraction of sp³-hybridized carbons (Fsp3) is 0.450. The molecule has 1 aromatic carbocycles. The van der Waals surface area contributed by atoms with Gasteiger partial charge in [-0.05, 0) is 31.9 Å². The van der Waals surface area contributed by atoms with Crippen LogP contribution in [0.25, 0.3) is 0 Å². The van der Waals surface area contributed by atoms with Gasteiger partial charge in [0.15, 0.2) is 0 Å². The van der Waals surface area contributed by atoms with Crippen LogP contribution in [0.4, 0.5) is 16.2 Å². The molecule has 0 radical (unpaired) electrons. The largest absolute Gasteiger partial charge is 0.334 e. The Balaban J connectivity index is 1.59. The Labute approximate surface area is 167 Å². The van der Waals surface area contributed by atoms with Gasteiger partial charge in [-0.2, -0.15) is 0 Å². The summed E-state index contributed by atoms with van der Waals surface area (Å²) < 4.78 is 0. The topological polar surface area (TPSA) is 107 Å². The average molecular weight is 398 g/mol. The number of anilines is 2. The van der Waals surface area contributed by atoms with Crippen molar-refractivity contribution in [1.82, 2.24) is 9.80 Å². The molecule has 9 nitrogen and oxygen atoms in total. The molecule has 1 atom stereocenters. The van der Waals surface area contributed by atoms with Crippen LogP contribution in [0.3, 0.4) is 0 Å². The number of benzene rings is 1. The Kier molecular flexibility index (Phi) is 4.81. The van der Waals surface area contributed by atoms with Crippen molar-refractivity contribution in [2.45, 2.75) is 51.1 Å². The van der Waals surface area contributed by atoms with Gasteiger partial charge < -0.3 is 10.2 Å². The normalized spacial score (nSPS) is 22.8. The molecular weight excluding hydrogens is 376 g/mol. The molecule has 0 spiro atoms. The van der Waals surface area contributed by atoms with Crippen LogP contribution < -0.4 is 10.2 Å². The lowest BCUT2D eigenvalue weighted by atomic mass is 10.1. The van der Waals surface area contributed by atoms with E-state index in [2.05, 4.69) is 5.32 Å². The van der Waals surface area contributed by atoms with E-state index >= 15 is 0 Å². The molecule has 4 rings (SSSR count). The molecule has 1 aromatic rings. The molecule has 2 aliphatic heterocycles. The van der Waals surface area contributed by atoms with Crippen molar-refractivity contribution in [2.24, 2.45) is 0 Å². The SMILES string of the molecule is C[C@H]1CC(=O)Nc2ccccc2N1C(=O)CN1C(=O)C(=O)N(C2CCCC2)C1=O. The van der Waals surface area contributed by atoms with Gasteiger partial charge >= 0.3 is 17.8 Å². The van der Waals surface area contributed by atoms with E-state index in [-0.39, 0.29) is 18.4 Å². The molecule has 3 aliphatic rings. The standard InChI is InChI=1S/C20H22N4O5/c1-12-10-16(25)21-14-8-4-5-9-15(14)23(12)17(26)11-22-18(27)19(28)24(20(22)29)13-6-2-3-7-13/h4-5,8-9,12-13H,2-3,6-7,10-11H2,1H3,(H,21,25)/t12-/m0/s1. The maximum absolute atomic E-state index is 13.1. The smallest absolute Gasteiger partial charge is 0.324 e. The summed E-state index contributed by atoms with van der Waals surface area (Å²) >= 11 is 0. The average Bonchev–Trinajstić information content (AvgIpc) is 3.23. The molecule has 0 unspecified atom stereocenters. The Bertz CT molecular complexity index is 908. The van der Waals surface area contributed by atoms with Gasteiger partial charge in [-0.25, -0.2) is 9.69 Å². The number of amides is 6. The highest BCUT2D eigenvalue weighted by molar-refractivity contribution is 6.45. The summed E-state index contributed by atoms with van der Waals surface area (Å²) in [5, 5.41) is 2.76. The Hall–Kier alpha value is -3.23. The summed E-state index contributed by atoms with van der Waals surface area (Å²) in [7, 11) is 0. The fourth-order valence-electron chi connectivity index (χ4n) is 4.33. The molecule has 2 heterocycles. The minimum atomic E-state index is -0.972. The number of nitrogens with zero attached hydrogens (tertiary/aromatic N) is 3. The lowest BCUT2D eigenvalue weighted by Gasteiger charge is -2.29. The molecule has 6 amide bonds. The van der Waals surface area contributed by atoms with Crippen molar-refractivity contribution in [3.05, 3.63) is 24.3 Å². The van der Waals surface area contributed by atoms with E-state index in [0.717, 1.165) is 22.6 Å². The second-order valence-electron chi connectivity index (χ2n) is 7.67. The van der Waals surface area contributed by atoms with Gasteiger partial charge in [-0.1, -0.05) is 25.0 Å². The number of hydrogen-bond donors (Lipinski definition) is 1. The highest BCUT2D eigenvalue weighted by Gasteiger charge is 2.49. The van der Waals surface area contributed by atoms with Crippen molar-refractivity contribution >= 4 is 41.0 Å². The number of imide groups is 2. The van der Waals surface area contributed by atoms with Crippen LogP contribution >= 0.6 is 0 Å². The Morgan fingerprint density at radius 1 is 1.07 bits per heavy atom. The first-order valence-corrected chi connectivity index (χ1v) is 9.78. The maximum atomic E-state index is 13.1. The zero-order chi connectivity index (χ0) is 20.7. The van der Waals surface area contributed by atoms with Crippen LogP contribution in [0.1, 0.15) is 39.0 Å². The van der Waals surface area contributed by atoms with Gasteiger partial charge in [-0.15, -0.1) is 0 Å². The number of urea groups is 1. The number of carbonyl (C=O) groups is 5. The number of rotatable bonds is 3. The van der Waals surface area contributed by atoms with Gasteiger partial charge in [0.2, 0.25) is 11.8 Å². The van der Waals surface area contributed by atoms with E-state index in [1.54, 1.807) is 31.2 Å². The number of para-hydroxylation sites is 2. The van der Waals surface area contributed by atoms with Crippen LogP contribution in [0.2, 0.25) is 0 Å². The first kappa shape index (κ1) is 19.1. The van der Waals surface area contributed by atoms with E-state index in [1.165, 1.54) is 4.90 Å². The molecular formula is C20H22N4O5. The first-order chi connectivity index (χ1) is 13.9. The van der Waals surface area contributed by atoms with Crippen molar-refractivity contribution in [3.63, 3.8) is 0 Å². The molecule has 9 heteroatoms. The van der Waals surface area contributed by atoms with Crippen LogP contribution in [-0.4, -0.2) is 58.1 Å². The number of fused-ring (bicyclic) bond motifs is 1. The fourth-order valence-corrected chi connectivity index (χ4v) is 4.33. The van der Waals surface area contributed by atoms with Crippen molar-refractivity contribution < 1.29 is 24.0 Å². The predicted molar refractivity (Wildman–Crippen MR) is 103 cm³/mol. The van der Waals surface area contributed by atoms with Crippen LogP contribution in [-0.2, 0) is 19.2 Å². The van der Waals surface area contributed by atoms with Crippen molar-refractivity contribution in [3.8, 4) is 0 Å². The molecule has 1 aliphatic carbocycles. The molecule has 2 fully saturated rings. The second-order valence-corrected chi connectivity index (χ2v) is 7.67. The summed E-state index contributed by atoms with van der Waals surface area (Å²) in [6, 6.07) is 5.37. The van der Waals surface area contributed by atoms with Gasteiger partial charge in [-0.3, -0.25) is 24.1 Å². The molecule has 29 heavy (non-hydrogen) atoms. The Morgan fingerprint density at radius 3 is 2.48 bits per heavy atom. The lowest BCUT2D eigenvalue weighted by molar-refractivity contribution is -0.144. The molecule has 0 bridgehead atoms. The lowest BCUT2D eigenvalue weighted by Crippen LogP contribution is -2.47. The minimum absolute atomic E-state index is 0.0788. The second kappa shape index (κ2) is 7.31. The number of carbonyl (C=O) groups excluding carboxylic acids is 5. The highest BCUT2D eigenvalue weighted by atomic mass is 16.2. The van der Waals surface area contributed by atoms with E-state index in [1.807, 2.05) is 0 Å². The molecule has 152 valence electrons. The minimum Gasteiger partial charge on any atom is -0.324 e. The first-order valence-electron chi connectivity index (χ1n) is 9.78. The summed E-state index contributed by atoms with van der Waals surface area (Å²) in [4.78, 5) is 65.9. The van der Waals surface area contributed by atoms with Gasteiger partial charge in [0.25, 0.3) is 0 Å². The number of hydrogen-bond acceptors (Lipinski definition) is 5. The maximum Gasteiger partial charge on any atom is 0.334 e. The van der Waals surface area contributed by atoms with E-state index in [9.17, 15) is 24.0 Å². The van der Waals surface area contributed by atoms with E-state index in [0.29, 0.717) is 24.2 Å². The van der Waals surface area contributed by atoms with Gasteiger partial charge in [0, 0.05) is 18.5 Å². The quantitative estimate of drug-likeness (QED) is 0.613. The third-order valence-electron chi connectivity index (χ3n) is 5.70. The van der Waals surface area contributed by atoms with Crippen molar-refractivity contribution in [2.75, 3.05) is 16.8 Å². The predicted octanol–water partition coefficient (Wildman–Crippen LogP) is 1.48. The summed E-state index contributed by atoms with van der Waals surface area (Å²) in [6.45, 7) is 1.18. The molecule has 1 N–H and O–H groups in total. The molecule has 1 saturated heterocycles. The Morgan fingerprint density at radius 2 is 1.76 bits per heavy atom. The highest BCUT2D eigenvalue weighted by Crippen LogP contribution is 2.32. The summed E-state index contributed by atoms with van der Waals surface area (Å²) in [5.74, 6) is -2.59. The monoisotopic (exact) mass is 398 g/mol. The van der Waals surface area contributed by atoms with Gasteiger partial charge in [0.05, 0.1) is 11.4 Å². The summed E-state index contributed by atoms with van der Waals surface area (Å²) in [6.07, 6.45) is 3.24. The summed E-state index contributed by atoms with van der Waals surface area (Å²) in [5.41, 5.74) is 0.979. The van der Waals surface area contributed by atoms with Crippen LogP contribution in [0.5, 0.6) is 0 Å². The van der Waals surface area contributed by atoms with E-state index < -0.39 is 36.3 Å².